The van der Waals surface area contributed by atoms with Crippen LogP contribution in [-0.2, 0) is 0 Å². The molecule has 0 aromatic carbocycles. The minimum Gasteiger partial charge on any atom is -0.481 e. The Hall–Kier alpha value is -1.76. The van der Waals surface area contributed by atoms with Crippen molar-refractivity contribution in [2.45, 2.75) is 26.2 Å². The van der Waals surface area contributed by atoms with Crippen molar-refractivity contribution in [1.29, 1.82) is 0 Å². The zero-order valence-corrected chi connectivity index (χ0v) is 9.91. The van der Waals surface area contributed by atoms with E-state index in [0.29, 0.717) is 11.6 Å². The van der Waals surface area contributed by atoms with E-state index in [2.05, 4.69) is 28.7 Å². The summed E-state index contributed by atoms with van der Waals surface area (Å²) in [7, 11) is 3.07. The van der Waals surface area contributed by atoms with Crippen molar-refractivity contribution in [2.75, 3.05) is 14.2 Å². The average Bonchev–Trinajstić information content (AvgIpc) is 2.34. The van der Waals surface area contributed by atoms with Crippen molar-refractivity contribution in [3.05, 3.63) is 11.8 Å². The third-order valence-electron chi connectivity index (χ3n) is 1.95. The smallest absolute Gasteiger partial charge is 0.320 e. The zero-order chi connectivity index (χ0) is 11.8. The number of rotatable bonds is 4. The summed E-state index contributed by atoms with van der Waals surface area (Å²) in [6, 6.07) is 1.97. The lowest BCUT2D eigenvalue weighted by atomic mass is 10.2. The summed E-state index contributed by atoms with van der Waals surface area (Å²) >= 11 is 0. The van der Waals surface area contributed by atoms with Crippen molar-refractivity contribution >= 4 is 0 Å². The van der Waals surface area contributed by atoms with Crippen LogP contribution in [0.25, 0.3) is 0 Å². The van der Waals surface area contributed by atoms with Gasteiger partial charge in [-0.1, -0.05) is 19.3 Å². The Bertz CT molecular complexity index is 371. The van der Waals surface area contributed by atoms with Gasteiger partial charge in [0.05, 0.1) is 14.2 Å². The normalized spacial score (nSPS) is 9.19. The van der Waals surface area contributed by atoms with E-state index < -0.39 is 0 Å². The summed E-state index contributed by atoms with van der Waals surface area (Å²) in [4.78, 5) is 8.10. The molecule has 1 aromatic rings. The lowest BCUT2D eigenvalue weighted by Crippen LogP contribution is -1.97. The molecule has 16 heavy (non-hydrogen) atoms. The van der Waals surface area contributed by atoms with E-state index in [4.69, 9.17) is 9.47 Å². The van der Waals surface area contributed by atoms with Gasteiger partial charge in [-0.3, -0.25) is 0 Å². The minimum absolute atomic E-state index is 0.277. The fraction of sp³-hybridized carbons (Fsp3) is 0.500. The molecule has 0 bridgehead atoms. The molecular weight excluding hydrogens is 204 g/mol. The summed E-state index contributed by atoms with van der Waals surface area (Å²) in [5.41, 5.74) is 0.625. The fourth-order valence-corrected chi connectivity index (χ4v) is 1.08. The van der Waals surface area contributed by atoms with Gasteiger partial charge < -0.3 is 9.47 Å². The molecule has 1 heterocycles. The molecule has 0 saturated heterocycles. The van der Waals surface area contributed by atoms with E-state index in [-0.39, 0.29) is 6.01 Å². The first-order chi connectivity index (χ1) is 7.80. The number of ether oxygens (including phenoxy) is 2. The Morgan fingerprint density at radius 1 is 1.25 bits per heavy atom. The molecule has 0 spiro atoms. The highest BCUT2D eigenvalue weighted by Gasteiger charge is 2.02. The predicted octanol–water partition coefficient (Wildman–Crippen LogP) is 2.04. The van der Waals surface area contributed by atoms with Crippen LogP contribution in [0.4, 0.5) is 0 Å². The van der Waals surface area contributed by atoms with Gasteiger partial charge in [0.1, 0.15) is 5.69 Å². The van der Waals surface area contributed by atoms with E-state index >= 15 is 0 Å². The molecule has 1 aromatic heterocycles. The summed E-state index contributed by atoms with van der Waals surface area (Å²) < 4.78 is 9.98. The Kier molecular flexibility index (Phi) is 5.13. The molecule has 1 rings (SSSR count). The maximum atomic E-state index is 5.03. The Balaban J connectivity index is 2.81. The van der Waals surface area contributed by atoms with Crippen LogP contribution in [0.2, 0.25) is 0 Å². The lowest BCUT2D eigenvalue weighted by molar-refractivity contribution is 0.351. The van der Waals surface area contributed by atoms with Crippen LogP contribution in [0.15, 0.2) is 6.07 Å². The fourth-order valence-electron chi connectivity index (χ4n) is 1.08. The van der Waals surface area contributed by atoms with E-state index in [1.807, 2.05) is 0 Å². The Morgan fingerprint density at radius 2 is 2.06 bits per heavy atom. The molecule has 0 fully saturated rings. The molecule has 0 aliphatic heterocycles. The third-order valence-corrected chi connectivity index (χ3v) is 1.95. The topological polar surface area (TPSA) is 44.2 Å². The quantitative estimate of drug-likeness (QED) is 0.575. The standard InChI is InChI=1S/C12H16N2O2/c1-4-5-6-7-8-10-9-11(15-2)14-12(13-10)16-3/h9H,4-6H2,1-3H3. The lowest BCUT2D eigenvalue weighted by Gasteiger charge is -2.01. The van der Waals surface area contributed by atoms with Crippen LogP contribution in [-0.4, -0.2) is 24.2 Å². The highest BCUT2D eigenvalue weighted by Crippen LogP contribution is 2.12. The van der Waals surface area contributed by atoms with Gasteiger partial charge in [0, 0.05) is 12.5 Å². The van der Waals surface area contributed by atoms with Crippen molar-refractivity contribution in [3.8, 4) is 23.7 Å². The summed E-state index contributed by atoms with van der Waals surface area (Å²) in [5, 5.41) is 0. The third kappa shape index (κ3) is 3.77. The molecule has 0 radical (unpaired) electrons. The second-order valence-corrected chi connectivity index (χ2v) is 3.19. The summed E-state index contributed by atoms with van der Waals surface area (Å²) in [6.07, 6.45) is 3.13. The number of aromatic nitrogens is 2. The minimum atomic E-state index is 0.277. The molecule has 0 saturated carbocycles. The van der Waals surface area contributed by atoms with E-state index in [1.54, 1.807) is 13.2 Å². The molecule has 0 atom stereocenters. The number of methoxy groups -OCH3 is 2. The average molecular weight is 220 g/mol. The highest BCUT2D eigenvalue weighted by molar-refractivity contribution is 5.32. The van der Waals surface area contributed by atoms with Crippen LogP contribution >= 0.6 is 0 Å². The molecule has 0 N–H and O–H groups in total. The first-order valence-corrected chi connectivity index (χ1v) is 5.26. The van der Waals surface area contributed by atoms with Crippen LogP contribution < -0.4 is 9.47 Å². The molecule has 86 valence electrons. The van der Waals surface area contributed by atoms with Gasteiger partial charge in [-0.05, 0) is 12.3 Å². The van der Waals surface area contributed by atoms with Crippen molar-refractivity contribution in [1.82, 2.24) is 9.97 Å². The van der Waals surface area contributed by atoms with Crippen LogP contribution in [0, 0.1) is 11.8 Å². The summed E-state index contributed by atoms with van der Waals surface area (Å²) in [6.45, 7) is 2.14. The van der Waals surface area contributed by atoms with Crippen LogP contribution in [0.1, 0.15) is 31.9 Å². The maximum absolute atomic E-state index is 5.03. The molecule has 4 nitrogen and oxygen atoms in total. The van der Waals surface area contributed by atoms with Crippen molar-refractivity contribution in [2.24, 2.45) is 0 Å². The maximum Gasteiger partial charge on any atom is 0.320 e. The van der Waals surface area contributed by atoms with Crippen LogP contribution in [0.5, 0.6) is 11.9 Å². The number of nitrogens with zero attached hydrogens (tertiary/aromatic N) is 2. The van der Waals surface area contributed by atoms with Gasteiger partial charge in [-0.2, -0.15) is 9.97 Å². The molecule has 0 unspecified atom stereocenters. The van der Waals surface area contributed by atoms with Gasteiger partial charge >= 0.3 is 6.01 Å². The highest BCUT2D eigenvalue weighted by atomic mass is 16.5. The predicted molar refractivity (Wildman–Crippen MR) is 61.5 cm³/mol. The second kappa shape index (κ2) is 6.67. The van der Waals surface area contributed by atoms with Crippen molar-refractivity contribution in [3.63, 3.8) is 0 Å². The molecular formula is C12H16N2O2. The first-order valence-electron chi connectivity index (χ1n) is 5.26. The zero-order valence-electron chi connectivity index (χ0n) is 9.91. The second-order valence-electron chi connectivity index (χ2n) is 3.19. The van der Waals surface area contributed by atoms with Crippen LogP contribution in [0.3, 0.4) is 0 Å². The monoisotopic (exact) mass is 220 g/mol. The molecule has 4 heteroatoms. The number of hydrogen-bond donors (Lipinski definition) is 0. The summed E-state index contributed by atoms with van der Waals surface area (Å²) in [5.74, 6) is 6.49. The number of hydrogen-bond acceptors (Lipinski definition) is 4. The molecule has 0 amide bonds. The molecule has 0 aliphatic carbocycles. The Morgan fingerprint density at radius 3 is 2.69 bits per heavy atom. The number of unbranched alkanes of at least 4 members (excludes halogenated alkanes) is 2. The van der Waals surface area contributed by atoms with Gasteiger partial charge in [0.15, 0.2) is 0 Å². The van der Waals surface area contributed by atoms with Gasteiger partial charge in [0.25, 0.3) is 0 Å². The van der Waals surface area contributed by atoms with E-state index in [9.17, 15) is 0 Å². The van der Waals surface area contributed by atoms with E-state index in [1.165, 1.54) is 7.11 Å². The van der Waals surface area contributed by atoms with Crippen molar-refractivity contribution < 1.29 is 9.47 Å². The Labute approximate surface area is 96.0 Å². The first kappa shape index (κ1) is 12.3. The largest absolute Gasteiger partial charge is 0.481 e. The SMILES string of the molecule is CCCCC#Cc1cc(OC)nc(OC)n1. The van der Waals surface area contributed by atoms with Gasteiger partial charge in [-0.25, -0.2) is 0 Å². The van der Waals surface area contributed by atoms with Gasteiger partial charge in [0.2, 0.25) is 5.88 Å². The molecule has 0 aliphatic rings. The van der Waals surface area contributed by atoms with Gasteiger partial charge in [-0.15, -0.1) is 0 Å². The van der Waals surface area contributed by atoms with E-state index in [0.717, 1.165) is 19.3 Å².